The standard InChI is InChI=1S/C20H34O3/c1-14(10-12-21)5-7-16-15(2)6-8-17-19(16,3)11-9-18(23)20(17,4)13-22/h10,16-18,21-23H,2,5-9,11-13H2,1,3-4H3/t16-,17+,18?,19?,20?/m1/s1. The Morgan fingerprint density at radius 3 is 2.61 bits per heavy atom. The lowest BCUT2D eigenvalue weighted by molar-refractivity contribution is -0.152. The lowest BCUT2D eigenvalue weighted by Crippen LogP contribution is -2.57. The van der Waals surface area contributed by atoms with Crippen LogP contribution in [0.15, 0.2) is 23.8 Å². The van der Waals surface area contributed by atoms with E-state index in [1.54, 1.807) is 0 Å². The molecule has 5 atom stereocenters. The number of hydrogen-bond acceptors (Lipinski definition) is 3. The Balaban J connectivity index is 2.25. The van der Waals surface area contributed by atoms with Crippen LogP contribution >= 0.6 is 0 Å². The maximum absolute atomic E-state index is 10.5. The Kier molecular flexibility index (Phi) is 5.76. The van der Waals surface area contributed by atoms with Crippen LogP contribution in [0.2, 0.25) is 0 Å². The number of rotatable bonds is 5. The third kappa shape index (κ3) is 3.29. The van der Waals surface area contributed by atoms with E-state index in [4.69, 9.17) is 5.11 Å². The molecular formula is C20H34O3. The number of fused-ring (bicyclic) bond motifs is 1. The third-order valence-electron chi connectivity index (χ3n) is 6.96. The highest BCUT2D eigenvalue weighted by atomic mass is 16.3. The maximum Gasteiger partial charge on any atom is 0.0618 e. The number of aliphatic hydroxyl groups is 3. The smallest absolute Gasteiger partial charge is 0.0618 e. The van der Waals surface area contributed by atoms with Crippen LogP contribution in [0.4, 0.5) is 0 Å². The first kappa shape index (κ1) is 18.7. The summed E-state index contributed by atoms with van der Waals surface area (Å²) in [6, 6.07) is 0. The summed E-state index contributed by atoms with van der Waals surface area (Å²) in [5.41, 5.74) is 2.26. The molecule has 0 bridgehead atoms. The van der Waals surface area contributed by atoms with E-state index in [-0.39, 0.29) is 18.6 Å². The Bertz CT molecular complexity index is 470. The van der Waals surface area contributed by atoms with E-state index >= 15 is 0 Å². The molecule has 2 fully saturated rings. The van der Waals surface area contributed by atoms with Crippen molar-refractivity contribution in [1.29, 1.82) is 0 Å². The summed E-state index contributed by atoms with van der Waals surface area (Å²) in [6.45, 7) is 11.0. The molecule has 0 aromatic heterocycles. The molecule has 23 heavy (non-hydrogen) atoms. The minimum absolute atomic E-state index is 0.0526. The van der Waals surface area contributed by atoms with E-state index in [1.165, 1.54) is 11.1 Å². The van der Waals surface area contributed by atoms with Crippen LogP contribution in [-0.4, -0.2) is 34.6 Å². The van der Waals surface area contributed by atoms with Gasteiger partial charge in [-0.1, -0.05) is 37.6 Å². The average molecular weight is 322 g/mol. The summed E-state index contributed by atoms with van der Waals surface area (Å²) < 4.78 is 0. The van der Waals surface area contributed by atoms with Crippen molar-refractivity contribution in [3.8, 4) is 0 Å². The van der Waals surface area contributed by atoms with Gasteiger partial charge in [0.15, 0.2) is 0 Å². The molecule has 0 aromatic carbocycles. The van der Waals surface area contributed by atoms with Gasteiger partial charge < -0.3 is 15.3 Å². The second-order valence-corrected chi connectivity index (χ2v) is 8.30. The van der Waals surface area contributed by atoms with Crippen LogP contribution in [0.3, 0.4) is 0 Å². The number of aliphatic hydroxyl groups excluding tert-OH is 3. The first-order valence-corrected chi connectivity index (χ1v) is 9.02. The summed E-state index contributed by atoms with van der Waals surface area (Å²) in [4.78, 5) is 0. The molecule has 3 N–H and O–H groups in total. The summed E-state index contributed by atoms with van der Waals surface area (Å²) in [6.07, 6.45) is 7.28. The van der Waals surface area contributed by atoms with Crippen LogP contribution in [-0.2, 0) is 0 Å². The van der Waals surface area contributed by atoms with Gasteiger partial charge in [-0.05, 0) is 62.7 Å². The largest absolute Gasteiger partial charge is 0.396 e. The molecule has 0 spiro atoms. The predicted molar refractivity (Wildman–Crippen MR) is 94.0 cm³/mol. The minimum Gasteiger partial charge on any atom is -0.396 e. The topological polar surface area (TPSA) is 60.7 Å². The van der Waals surface area contributed by atoms with Crippen LogP contribution in [0.5, 0.6) is 0 Å². The van der Waals surface area contributed by atoms with E-state index < -0.39 is 11.5 Å². The maximum atomic E-state index is 10.5. The molecule has 3 heteroatoms. The second kappa shape index (κ2) is 7.08. The summed E-state index contributed by atoms with van der Waals surface area (Å²) in [7, 11) is 0. The van der Waals surface area contributed by atoms with Gasteiger partial charge in [-0.25, -0.2) is 0 Å². The van der Waals surface area contributed by atoms with Crippen molar-refractivity contribution in [3.05, 3.63) is 23.8 Å². The molecule has 3 nitrogen and oxygen atoms in total. The highest BCUT2D eigenvalue weighted by Gasteiger charge is 2.57. The zero-order valence-corrected chi connectivity index (χ0v) is 15.0. The molecule has 2 aliphatic rings. The normalized spacial score (nSPS) is 41.7. The van der Waals surface area contributed by atoms with Crippen LogP contribution in [0.1, 0.15) is 59.3 Å². The molecule has 0 amide bonds. The van der Waals surface area contributed by atoms with E-state index in [1.807, 2.05) is 6.08 Å². The third-order valence-corrected chi connectivity index (χ3v) is 6.96. The number of hydrogen-bond donors (Lipinski definition) is 3. The second-order valence-electron chi connectivity index (χ2n) is 8.30. The van der Waals surface area contributed by atoms with Crippen molar-refractivity contribution in [3.63, 3.8) is 0 Å². The van der Waals surface area contributed by atoms with Crippen molar-refractivity contribution in [2.24, 2.45) is 22.7 Å². The van der Waals surface area contributed by atoms with Crippen LogP contribution in [0.25, 0.3) is 0 Å². The van der Waals surface area contributed by atoms with Crippen molar-refractivity contribution >= 4 is 0 Å². The molecule has 2 aliphatic carbocycles. The van der Waals surface area contributed by atoms with Gasteiger partial charge in [-0.15, -0.1) is 0 Å². The predicted octanol–water partition coefficient (Wildman–Crippen LogP) is 3.45. The molecule has 0 aliphatic heterocycles. The molecular weight excluding hydrogens is 288 g/mol. The van der Waals surface area contributed by atoms with Crippen molar-refractivity contribution in [1.82, 2.24) is 0 Å². The molecule has 3 unspecified atom stereocenters. The summed E-state index contributed by atoms with van der Waals surface area (Å²) in [5.74, 6) is 0.767. The molecule has 0 heterocycles. The van der Waals surface area contributed by atoms with E-state index in [0.717, 1.165) is 38.5 Å². The first-order valence-electron chi connectivity index (χ1n) is 9.02. The molecule has 132 valence electrons. The summed E-state index contributed by atoms with van der Waals surface area (Å²) in [5, 5.41) is 29.5. The van der Waals surface area contributed by atoms with E-state index in [9.17, 15) is 10.2 Å². The minimum atomic E-state index is -0.409. The van der Waals surface area contributed by atoms with Gasteiger partial charge in [0.25, 0.3) is 0 Å². The fourth-order valence-electron chi connectivity index (χ4n) is 5.36. The van der Waals surface area contributed by atoms with Gasteiger partial charge in [0.2, 0.25) is 0 Å². The highest BCUT2D eigenvalue weighted by Crippen LogP contribution is 2.61. The Hall–Kier alpha value is -0.640. The molecule has 2 rings (SSSR count). The quantitative estimate of drug-likeness (QED) is 0.679. The van der Waals surface area contributed by atoms with Gasteiger partial charge in [-0.3, -0.25) is 0 Å². The van der Waals surface area contributed by atoms with Crippen molar-refractivity contribution in [2.75, 3.05) is 13.2 Å². The van der Waals surface area contributed by atoms with E-state index in [2.05, 4.69) is 27.4 Å². The number of allylic oxidation sites excluding steroid dienone is 2. The molecule has 2 saturated carbocycles. The fraction of sp³-hybridized carbons (Fsp3) is 0.800. The van der Waals surface area contributed by atoms with Gasteiger partial charge in [0.05, 0.1) is 19.3 Å². The van der Waals surface area contributed by atoms with Crippen LogP contribution < -0.4 is 0 Å². The zero-order valence-electron chi connectivity index (χ0n) is 15.0. The zero-order chi connectivity index (χ0) is 17.3. The van der Waals surface area contributed by atoms with Gasteiger partial charge in [-0.2, -0.15) is 0 Å². The van der Waals surface area contributed by atoms with Crippen molar-refractivity contribution < 1.29 is 15.3 Å². The molecule has 0 saturated heterocycles. The SMILES string of the molecule is C=C1CC[C@@H]2C(C)(CO)C(O)CCC2(C)[C@@H]1CCC(C)=CCO. The highest BCUT2D eigenvalue weighted by molar-refractivity contribution is 5.18. The Labute approximate surface area is 141 Å². The first-order chi connectivity index (χ1) is 10.8. The molecule has 0 aromatic rings. The van der Waals surface area contributed by atoms with Gasteiger partial charge in [0, 0.05) is 5.41 Å². The van der Waals surface area contributed by atoms with Gasteiger partial charge >= 0.3 is 0 Å². The van der Waals surface area contributed by atoms with E-state index in [0.29, 0.717) is 11.8 Å². The lowest BCUT2D eigenvalue weighted by atomic mass is 9.46. The fourth-order valence-corrected chi connectivity index (χ4v) is 5.36. The van der Waals surface area contributed by atoms with Crippen molar-refractivity contribution in [2.45, 2.75) is 65.4 Å². The Morgan fingerprint density at radius 1 is 1.30 bits per heavy atom. The van der Waals surface area contributed by atoms with Gasteiger partial charge in [0.1, 0.15) is 0 Å². The average Bonchev–Trinajstić information content (AvgIpc) is 2.51. The lowest BCUT2D eigenvalue weighted by Gasteiger charge is -2.60. The monoisotopic (exact) mass is 322 g/mol. The van der Waals surface area contributed by atoms with Crippen LogP contribution in [0, 0.1) is 22.7 Å². The Morgan fingerprint density at radius 2 is 2.00 bits per heavy atom. The summed E-state index contributed by atoms with van der Waals surface area (Å²) >= 11 is 0. The molecule has 0 radical (unpaired) electrons.